The largest absolute Gasteiger partial charge is 0.436 e. The van der Waals surface area contributed by atoms with Crippen molar-refractivity contribution in [1.29, 1.82) is 0 Å². The van der Waals surface area contributed by atoms with Crippen molar-refractivity contribution in [3.8, 4) is 11.5 Å². The summed E-state index contributed by atoms with van der Waals surface area (Å²) < 4.78 is 5.83. The predicted molar refractivity (Wildman–Crippen MR) is 104 cm³/mol. The maximum atomic E-state index is 12.1. The summed E-state index contributed by atoms with van der Waals surface area (Å²) >= 11 is 0. The third kappa shape index (κ3) is 4.12. The topological polar surface area (TPSA) is 80.0 Å². The van der Waals surface area contributed by atoms with Crippen molar-refractivity contribution in [3.63, 3.8) is 0 Å². The second-order valence-corrected chi connectivity index (χ2v) is 6.05. The van der Waals surface area contributed by atoms with E-state index in [1.165, 1.54) is 0 Å². The van der Waals surface area contributed by atoms with E-state index in [4.69, 9.17) is 4.42 Å². The molecule has 4 rings (SSSR count). The fourth-order valence-electron chi connectivity index (χ4n) is 2.75. The van der Waals surface area contributed by atoms with Gasteiger partial charge in [-0.2, -0.15) is 0 Å². The molecule has 4 aromatic rings. The fourth-order valence-corrected chi connectivity index (χ4v) is 2.75. The molecule has 134 valence electrons. The van der Waals surface area contributed by atoms with Crippen LogP contribution in [0.15, 0.2) is 77.5 Å². The Morgan fingerprint density at radius 3 is 2.63 bits per heavy atom. The SMILES string of the molecule is O=C(NCCc1ccncc1)Nc1ccc2nc(-c3ccccc3)oc2c1. The summed E-state index contributed by atoms with van der Waals surface area (Å²) in [5.41, 5.74) is 4.07. The molecule has 2 heterocycles. The molecule has 0 fully saturated rings. The highest BCUT2D eigenvalue weighted by atomic mass is 16.3. The summed E-state index contributed by atoms with van der Waals surface area (Å²) in [4.78, 5) is 20.5. The second kappa shape index (κ2) is 7.70. The molecule has 0 aliphatic heterocycles. The van der Waals surface area contributed by atoms with Crippen LogP contribution in [0, 0.1) is 0 Å². The molecule has 2 N–H and O–H groups in total. The fraction of sp³-hybridized carbons (Fsp3) is 0.0952. The van der Waals surface area contributed by atoms with E-state index in [1.54, 1.807) is 18.5 Å². The average molecular weight is 358 g/mol. The number of rotatable bonds is 5. The number of fused-ring (bicyclic) bond motifs is 1. The Bertz CT molecular complexity index is 1050. The van der Waals surface area contributed by atoms with Crippen LogP contribution in [-0.4, -0.2) is 22.5 Å². The number of benzene rings is 2. The number of nitrogens with zero attached hydrogens (tertiary/aromatic N) is 2. The molecule has 0 saturated carbocycles. The summed E-state index contributed by atoms with van der Waals surface area (Å²) in [5.74, 6) is 0.560. The lowest BCUT2D eigenvalue weighted by atomic mass is 10.2. The Labute approximate surface area is 156 Å². The second-order valence-electron chi connectivity index (χ2n) is 6.05. The van der Waals surface area contributed by atoms with Gasteiger partial charge in [0.15, 0.2) is 5.58 Å². The zero-order chi connectivity index (χ0) is 18.5. The molecule has 2 aromatic heterocycles. The standard InChI is InChI=1S/C21H18N4O2/c26-21(23-13-10-15-8-11-22-12-9-15)24-17-6-7-18-19(14-17)27-20(25-18)16-4-2-1-3-5-16/h1-9,11-12,14H,10,13H2,(H2,23,24,26). The Morgan fingerprint density at radius 1 is 1.00 bits per heavy atom. The van der Waals surface area contributed by atoms with E-state index in [1.807, 2.05) is 54.6 Å². The van der Waals surface area contributed by atoms with Gasteiger partial charge in [0.25, 0.3) is 0 Å². The number of carbonyl (C=O) groups excluding carboxylic acids is 1. The third-order valence-electron chi connectivity index (χ3n) is 4.12. The highest BCUT2D eigenvalue weighted by Crippen LogP contribution is 2.26. The van der Waals surface area contributed by atoms with E-state index < -0.39 is 0 Å². The van der Waals surface area contributed by atoms with Crippen LogP contribution >= 0.6 is 0 Å². The normalized spacial score (nSPS) is 10.7. The molecule has 0 spiro atoms. The number of amides is 2. The number of hydrogen-bond acceptors (Lipinski definition) is 4. The molecule has 0 atom stereocenters. The lowest BCUT2D eigenvalue weighted by Crippen LogP contribution is -2.30. The van der Waals surface area contributed by atoms with E-state index in [9.17, 15) is 4.79 Å². The first-order valence-electron chi connectivity index (χ1n) is 8.68. The van der Waals surface area contributed by atoms with E-state index in [-0.39, 0.29) is 6.03 Å². The Kier molecular flexibility index (Phi) is 4.78. The Hall–Kier alpha value is -3.67. The number of aromatic nitrogens is 2. The van der Waals surface area contributed by atoms with Crippen molar-refractivity contribution < 1.29 is 9.21 Å². The molecule has 0 aliphatic carbocycles. The predicted octanol–water partition coefficient (Wildman–Crippen LogP) is 4.25. The smallest absolute Gasteiger partial charge is 0.319 e. The summed E-state index contributed by atoms with van der Waals surface area (Å²) in [7, 11) is 0. The van der Waals surface area contributed by atoms with Crippen LogP contribution in [0.5, 0.6) is 0 Å². The highest BCUT2D eigenvalue weighted by molar-refractivity contribution is 5.91. The van der Waals surface area contributed by atoms with Crippen molar-refractivity contribution in [2.75, 3.05) is 11.9 Å². The van der Waals surface area contributed by atoms with E-state index in [2.05, 4.69) is 20.6 Å². The first-order chi connectivity index (χ1) is 13.3. The zero-order valence-corrected chi connectivity index (χ0v) is 14.6. The number of carbonyl (C=O) groups is 1. The molecule has 6 nitrogen and oxygen atoms in total. The first kappa shape index (κ1) is 16.8. The van der Waals surface area contributed by atoms with Gasteiger partial charge in [0.1, 0.15) is 5.52 Å². The quantitative estimate of drug-likeness (QED) is 0.559. The highest BCUT2D eigenvalue weighted by Gasteiger charge is 2.09. The van der Waals surface area contributed by atoms with Gasteiger partial charge in [0, 0.05) is 36.3 Å². The van der Waals surface area contributed by atoms with Gasteiger partial charge >= 0.3 is 6.03 Å². The number of nitrogens with one attached hydrogen (secondary N) is 2. The van der Waals surface area contributed by atoms with Gasteiger partial charge in [-0.15, -0.1) is 0 Å². The Morgan fingerprint density at radius 2 is 1.81 bits per heavy atom. The molecule has 0 radical (unpaired) electrons. The summed E-state index contributed by atoms with van der Waals surface area (Å²) in [6.45, 7) is 0.540. The molecular weight excluding hydrogens is 340 g/mol. The molecule has 27 heavy (non-hydrogen) atoms. The average Bonchev–Trinajstić information content (AvgIpc) is 3.13. The number of hydrogen-bond donors (Lipinski definition) is 2. The van der Waals surface area contributed by atoms with Gasteiger partial charge in [-0.1, -0.05) is 18.2 Å². The van der Waals surface area contributed by atoms with Gasteiger partial charge in [-0.3, -0.25) is 4.98 Å². The maximum Gasteiger partial charge on any atom is 0.319 e. The monoisotopic (exact) mass is 358 g/mol. The number of pyridine rings is 1. The van der Waals surface area contributed by atoms with Crippen molar-refractivity contribution in [2.24, 2.45) is 0 Å². The van der Waals surface area contributed by atoms with Crippen LogP contribution < -0.4 is 10.6 Å². The van der Waals surface area contributed by atoms with Crippen molar-refractivity contribution in [2.45, 2.75) is 6.42 Å². The van der Waals surface area contributed by atoms with Crippen LogP contribution in [0.2, 0.25) is 0 Å². The van der Waals surface area contributed by atoms with Gasteiger partial charge in [0.2, 0.25) is 5.89 Å². The summed E-state index contributed by atoms with van der Waals surface area (Å²) in [6.07, 6.45) is 4.23. The van der Waals surface area contributed by atoms with Gasteiger partial charge in [-0.05, 0) is 48.4 Å². The summed E-state index contributed by atoms with van der Waals surface area (Å²) in [6, 6.07) is 18.7. The first-order valence-corrected chi connectivity index (χ1v) is 8.68. The minimum absolute atomic E-state index is 0.258. The number of urea groups is 1. The van der Waals surface area contributed by atoms with Crippen molar-refractivity contribution in [1.82, 2.24) is 15.3 Å². The zero-order valence-electron chi connectivity index (χ0n) is 14.6. The van der Waals surface area contributed by atoms with Crippen LogP contribution in [0.3, 0.4) is 0 Å². The molecule has 0 unspecified atom stereocenters. The summed E-state index contributed by atoms with van der Waals surface area (Å²) in [5, 5.41) is 5.66. The third-order valence-corrected chi connectivity index (χ3v) is 4.12. The van der Waals surface area contributed by atoms with E-state index in [0.717, 1.165) is 23.1 Å². The van der Waals surface area contributed by atoms with Crippen LogP contribution in [0.25, 0.3) is 22.6 Å². The number of anilines is 1. The molecule has 2 aromatic carbocycles. The van der Waals surface area contributed by atoms with E-state index >= 15 is 0 Å². The van der Waals surface area contributed by atoms with Gasteiger partial charge < -0.3 is 15.1 Å². The molecule has 0 aliphatic rings. The van der Waals surface area contributed by atoms with E-state index in [0.29, 0.717) is 23.7 Å². The lowest BCUT2D eigenvalue weighted by Gasteiger charge is -2.07. The van der Waals surface area contributed by atoms with Gasteiger partial charge in [-0.25, -0.2) is 9.78 Å². The molecular formula is C21H18N4O2. The van der Waals surface area contributed by atoms with Crippen molar-refractivity contribution >= 4 is 22.8 Å². The molecule has 0 bridgehead atoms. The van der Waals surface area contributed by atoms with Crippen molar-refractivity contribution in [3.05, 3.63) is 78.6 Å². The number of oxazole rings is 1. The maximum absolute atomic E-state index is 12.1. The van der Waals surface area contributed by atoms with Crippen LogP contribution in [0.1, 0.15) is 5.56 Å². The minimum Gasteiger partial charge on any atom is -0.436 e. The van der Waals surface area contributed by atoms with Crippen LogP contribution in [-0.2, 0) is 6.42 Å². The van der Waals surface area contributed by atoms with Gasteiger partial charge in [0.05, 0.1) is 0 Å². The molecule has 6 heteroatoms. The minimum atomic E-state index is -0.258. The molecule has 0 saturated heterocycles. The van der Waals surface area contributed by atoms with Crippen LogP contribution in [0.4, 0.5) is 10.5 Å². The molecule has 2 amide bonds. The Balaban J connectivity index is 1.39. The lowest BCUT2D eigenvalue weighted by molar-refractivity contribution is 0.252.